The van der Waals surface area contributed by atoms with Gasteiger partial charge in [0.25, 0.3) is 11.9 Å². The topological polar surface area (TPSA) is 67.6 Å². The Bertz CT molecular complexity index is 1160. The second kappa shape index (κ2) is 7.74. The molecule has 1 amide bonds. The van der Waals surface area contributed by atoms with Gasteiger partial charge >= 0.3 is 6.18 Å². The fourth-order valence-electron chi connectivity index (χ4n) is 5.29. The highest BCUT2D eigenvalue weighted by Gasteiger charge is 2.47. The first-order valence-corrected chi connectivity index (χ1v) is 11.5. The Kier molecular flexibility index (Phi) is 4.90. The first-order chi connectivity index (χ1) is 16.2. The number of ether oxygens (including phenoxy) is 1. The third-order valence-electron chi connectivity index (χ3n) is 7.22. The Balaban J connectivity index is 1.18. The highest BCUT2D eigenvalue weighted by atomic mass is 19.4. The van der Waals surface area contributed by atoms with Crippen LogP contribution in [0.5, 0.6) is 5.75 Å². The number of carbonyl (C=O) groups is 1. The molecular weight excluding hydrogens is 454 g/mol. The van der Waals surface area contributed by atoms with Gasteiger partial charge < -0.3 is 19.4 Å². The van der Waals surface area contributed by atoms with Gasteiger partial charge in [-0.3, -0.25) is 4.79 Å². The van der Waals surface area contributed by atoms with Crippen LogP contribution in [-0.2, 0) is 6.42 Å². The van der Waals surface area contributed by atoms with E-state index in [1.165, 1.54) is 24.1 Å². The van der Waals surface area contributed by atoms with Crippen LogP contribution in [0, 0.1) is 23.6 Å². The summed E-state index contributed by atoms with van der Waals surface area (Å²) in [6.45, 7) is 1.11. The minimum absolute atomic E-state index is 0.00578. The molecule has 3 fully saturated rings. The lowest BCUT2D eigenvalue weighted by molar-refractivity contribution is -0.130. The minimum atomic E-state index is -4.58. The van der Waals surface area contributed by atoms with Crippen molar-refractivity contribution in [3.05, 3.63) is 47.1 Å². The zero-order valence-corrected chi connectivity index (χ0v) is 18.2. The number of hydrogen-bond acceptors (Lipinski definition) is 5. The average Bonchev–Trinajstić information content (AvgIpc) is 3.05. The first kappa shape index (κ1) is 21.5. The Morgan fingerprint density at radius 2 is 2.03 bits per heavy atom. The molecule has 2 aromatic rings. The van der Waals surface area contributed by atoms with Crippen LogP contribution in [0.2, 0.25) is 0 Å². The van der Waals surface area contributed by atoms with E-state index in [2.05, 4.69) is 16.4 Å². The van der Waals surface area contributed by atoms with Crippen LogP contribution < -0.4 is 15.0 Å². The van der Waals surface area contributed by atoms with Gasteiger partial charge in [0, 0.05) is 30.8 Å². The van der Waals surface area contributed by atoms with E-state index >= 15 is 0 Å². The van der Waals surface area contributed by atoms with E-state index in [1.807, 2.05) is 0 Å². The number of allylic oxidation sites excluding steroid dienone is 1. The molecule has 34 heavy (non-hydrogen) atoms. The molecule has 6 nitrogen and oxygen atoms in total. The Morgan fingerprint density at radius 3 is 2.65 bits per heavy atom. The number of aromatic nitrogens is 1. The van der Waals surface area contributed by atoms with E-state index in [4.69, 9.17) is 9.15 Å². The van der Waals surface area contributed by atoms with E-state index in [0.29, 0.717) is 30.8 Å². The van der Waals surface area contributed by atoms with Gasteiger partial charge in [0.15, 0.2) is 17.3 Å². The molecule has 3 unspecified atom stereocenters. The molecule has 2 saturated carbocycles. The van der Waals surface area contributed by atoms with Gasteiger partial charge in [-0.25, -0.2) is 4.39 Å². The number of fused-ring (bicyclic) bond motifs is 2. The fourth-order valence-corrected chi connectivity index (χ4v) is 5.29. The summed E-state index contributed by atoms with van der Waals surface area (Å²) >= 11 is 0. The minimum Gasteiger partial charge on any atom is -0.487 e. The summed E-state index contributed by atoms with van der Waals surface area (Å²) in [5, 5.41) is 2.44. The van der Waals surface area contributed by atoms with Crippen LogP contribution in [0.3, 0.4) is 0 Å². The second-order valence-electron chi connectivity index (χ2n) is 9.72. The van der Waals surface area contributed by atoms with Gasteiger partial charge in [-0.05, 0) is 55.2 Å². The maximum atomic E-state index is 14.6. The number of oxazole rings is 1. The van der Waals surface area contributed by atoms with Gasteiger partial charge in [-0.2, -0.15) is 18.2 Å². The molecule has 1 aromatic carbocycles. The van der Waals surface area contributed by atoms with Crippen molar-refractivity contribution in [3.63, 3.8) is 0 Å². The number of carbonyl (C=O) groups excluding carboxylic acids is 1. The molecule has 2 heterocycles. The SMILES string of the molecule is O=C(Nc1ccc(OC2CC3CC3C2)c(F)c1)c1nc(N2CC3=CCC3C2)oc1CC(F)(F)F. The number of anilines is 2. The zero-order valence-electron chi connectivity index (χ0n) is 18.2. The standard InChI is InChI=1S/C24H23F4N3O3/c25-18-8-16(3-4-19(18)33-17-6-14-5-15(14)7-17)29-22(32)21-20(9-24(26,27)28)34-23(30-21)31-10-12-1-2-13(12)11-31/h1,3-4,8,13-15,17H,2,5-7,9-11H2,(H,29,32). The quantitative estimate of drug-likeness (QED) is 0.463. The molecule has 3 aliphatic carbocycles. The third kappa shape index (κ3) is 4.14. The van der Waals surface area contributed by atoms with Crippen molar-refractivity contribution in [3.8, 4) is 5.75 Å². The van der Waals surface area contributed by atoms with Crippen molar-refractivity contribution in [2.24, 2.45) is 17.8 Å². The molecule has 0 bridgehead atoms. The van der Waals surface area contributed by atoms with E-state index in [-0.39, 0.29) is 23.6 Å². The van der Waals surface area contributed by atoms with Crippen LogP contribution in [-0.4, -0.2) is 36.3 Å². The van der Waals surface area contributed by atoms with Crippen molar-refractivity contribution < 1.29 is 31.5 Å². The van der Waals surface area contributed by atoms with Crippen LogP contribution in [0.1, 0.15) is 41.9 Å². The molecule has 1 aromatic heterocycles. The normalized spacial score (nSPS) is 27.1. The van der Waals surface area contributed by atoms with E-state index in [0.717, 1.165) is 25.3 Å². The summed E-state index contributed by atoms with van der Waals surface area (Å²) in [6, 6.07) is 3.97. The van der Waals surface area contributed by atoms with Crippen molar-refractivity contribution in [2.45, 2.75) is 44.4 Å². The first-order valence-electron chi connectivity index (χ1n) is 11.5. The number of benzene rings is 1. The Labute approximate surface area is 193 Å². The Morgan fingerprint density at radius 1 is 1.24 bits per heavy atom. The van der Waals surface area contributed by atoms with Crippen molar-refractivity contribution in [1.29, 1.82) is 0 Å². The van der Waals surface area contributed by atoms with Gasteiger partial charge in [-0.15, -0.1) is 0 Å². The number of rotatable bonds is 6. The lowest BCUT2D eigenvalue weighted by atomic mass is 9.88. The lowest BCUT2D eigenvalue weighted by Crippen LogP contribution is -2.20. The van der Waals surface area contributed by atoms with E-state index < -0.39 is 35.8 Å². The van der Waals surface area contributed by atoms with Crippen molar-refractivity contribution in [2.75, 3.05) is 23.3 Å². The summed E-state index contributed by atoms with van der Waals surface area (Å²) in [5.41, 5.74) is 0.844. The molecule has 1 saturated heterocycles. The number of nitrogens with zero attached hydrogens (tertiary/aromatic N) is 2. The Hall–Kier alpha value is -3.04. The molecule has 0 radical (unpaired) electrons. The van der Waals surface area contributed by atoms with Gasteiger partial charge in [-0.1, -0.05) is 6.08 Å². The molecule has 10 heteroatoms. The predicted octanol–water partition coefficient (Wildman–Crippen LogP) is 5.11. The average molecular weight is 477 g/mol. The van der Waals surface area contributed by atoms with Crippen LogP contribution in [0.25, 0.3) is 0 Å². The lowest BCUT2D eigenvalue weighted by Gasteiger charge is -2.16. The number of halogens is 4. The number of nitrogens with one attached hydrogen (secondary N) is 1. The summed E-state index contributed by atoms with van der Waals surface area (Å²) in [5.74, 6) is -0.254. The largest absolute Gasteiger partial charge is 0.487 e. The second-order valence-corrected chi connectivity index (χ2v) is 9.72. The third-order valence-corrected chi connectivity index (χ3v) is 7.22. The van der Waals surface area contributed by atoms with Crippen LogP contribution in [0.4, 0.5) is 29.3 Å². The summed E-state index contributed by atoms with van der Waals surface area (Å²) in [6.07, 6.45) is 0.0647. The summed E-state index contributed by atoms with van der Waals surface area (Å²) < 4.78 is 65.1. The predicted molar refractivity (Wildman–Crippen MR) is 114 cm³/mol. The van der Waals surface area contributed by atoms with Gasteiger partial charge in [0.05, 0.1) is 6.10 Å². The van der Waals surface area contributed by atoms with Gasteiger partial charge in [0.2, 0.25) is 0 Å². The molecule has 1 aliphatic heterocycles. The highest BCUT2D eigenvalue weighted by Crippen LogP contribution is 2.52. The fraction of sp³-hybridized carbons (Fsp3) is 0.500. The molecule has 1 N–H and O–H groups in total. The number of alkyl halides is 3. The number of amides is 1. The van der Waals surface area contributed by atoms with E-state index in [9.17, 15) is 22.4 Å². The zero-order chi connectivity index (χ0) is 23.6. The van der Waals surface area contributed by atoms with Crippen LogP contribution >= 0.6 is 0 Å². The summed E-state index contributed by atoms with van der Waals surface area (Å²) in [4.78, 5) is 18.6. The van der Waals surface area contributed by atoms with Gasteiger partial charge in [0.1, 0.15) is 12.2 Å². The summed E-state index contributed by atoms with van der Waals surface area (Å²) in [7, 11) is 0. The number of hydrogen-bond donors (Lipinski definition) is 1. The van der Waals surface area contributed by atoms with Crippen LogP contribution in [0.15, 0.2) is 34.3 Å². The molecule has 4 aliphatic rings. The van der Waals surface area contributed by atoms with Crippen molar-refractivity contribution in [1.82, 2.24) is 4.98 Å². The van der Waals surface area contributed by atoms with E-state index in [1.54, 1.807) is 4.90 Å². The highest BCUT2D eigenvalue weighted by molar-refractivity contribution is 6.03. The van der Waals surface area contributed by atoms with Crippen molar-refractivity contribution >= 4 is 17.6 Å². The smallest absolute Gasteiger partial charge is 0.396 e. The molecule has 6 rings (SSSR count). The monoisotopic (exact) mass is 477 g/mol. The maximum absolute atomic E-state index is 14.6. The molecule has 3 atom stereocenters. The maximum Gasteiger partial charge on any atom is 0.396 e. The molecule has 0 spiro atoms. The molecule has 180 valence electrons. The molecular formula is C24H23F4N3O3.